The van der Waals surface area contributed by atoms with E-state index in [9.17, 15) is 5.11 Å². The van der Waals surface area contributed by atoms with Crippen LogP contribution in [0.25, 0.3) is 0 Å². The minimum Gasteiger partial charge on any atom is -0.393 e. The largest absolute Gasteiger partial charge is 0.393 e. The first-order valence-electron chi connectivity index (χ1n) is 7.46. The van der Waals surface area contributed by atoms with E-state index >= 15 is 0 Å². The summed E-state index contributed by atoms with van der Waals surface area (Å²) in [4.78, 5) is 0. The minimum absolute atomic E-state index is 0.00901. The number of hydrogen-bond donors (Lipinski definition) is 1. The van der Waals surface area contributed by atoms with Crippen LogP contribution in [-0.2, 0) is 0 Å². The van der Waals surface area contributed by atoms with Crippen LogP contribution in [0.5, 0.6) is 0 Å². The smallest absolute Gasteiger partial charge is 0.0568 e. The van der Waals surface area contributed by atoms with Gasteiger partial charge in [0.05, 0.1) is 6.10 Å². The van der Waals surface area contributed by atoms with Gasteiger partial charge in [-0.05, 0) is 37.5 Å². The quantitative estimate of drug-likeness (QED) is 0.632. The van der Waals surface area contributed by atoms with Crippen molar-refractivity contribution in [2.24, 2.45) is 11.8 Å². The number of aliphatic hydroxyl groups is 1. The van der Waals surface area contributed by atoms with E-state index in [1.165, 1.54) is 57.8 Å². The first-order chi connectivity index (χ1) is 7.77. The Morgan fingerprint density at radius 3 is 2.44 bits per heavy atom. The van der Waals surface area contributed by atoms with Gasteiger partial charge in [0.25, 0.3) is 0 Å². The molecule has 3 atom stereocenters. The van der Waals surface area contributed by atoms with Crippen LogP contribution in [0.2, 0.25) is 0 Å². The first kappa shape index (κ1) is 14.0. The Balaban J connectivity index is 2.21. The van der Waals surface area contributed by atoms with Gasteiger partial charge in [0.15, 0.2) is 0 Å². The monoisotopic (exact) mass is 226 g/mol. The molecule has 0 aromatic heterocycles. The van der Waals surface area contributed by atoms with Crippen LogP contribution in [0.4, 0.5) is 0 Å². The van der Waals surface area contributed by atoms with E-state index in [4.69, 9.17) is 0 Å². The van der Waals surface area contributed by atoms with E-state index in [0.717, 1.165) is 12.3 Å². The van der Waals surface area contributed by atoms with Crippen molar-refractivity contribution in [2.75, 3.05) is 0 Å². The van der Waals surface area contributed by atoms with Crippen LogP contribution in [0, 0.1) is 11.8 Å². The van der Waals surface area contributed by atoms with Gasteiger partial charge < -0.3 is 5.11 Å². The lowest BCUT2D eigenvalue weighted by Gasteiger charge is -2.33. The summed E-state index contributed by atoms with van der Waals surface area (Å²) in [7, 11) is 0. The number of hydrogen-bond acceptors (Lipinski definition) is 1. The lowest BCUT2D eigenvalue weighted by molar-refractivity contribution is 0.0406. The highest BCUT2D eigenvalue weighted by Crippen LogP contribution is 2.34. The van der Waals surface area contributed by atoms with E-state index in [1.54, 1.807) is 0 Å². The Kier molecular flexibility index (Phi) is 7.11. The van der Waals surface area contributed by atoms with Crippen molar-refractivity contribution in [3.8, 4) is 0 Å². The van der Waals surface area contributed by atoms with Gasteiger partial charge in [0.2, 0.25) is 0 Å². The lowest BCUT2D eigenvalue weighted by atomic mass is 9.75. The maximum Gasteiger partial charge on any atom is 0.0568 e. The Hall–Kier alpha value is -0.0400. The predicted octanol–water partition coefficient (Wildman–Crippen LogP) is 4.53. The molecule has 96 valence electrons. The van der Waals surface area contributed by atoms with Crippen LogP contribution in [-0.4, -0.2) is 11.2 Å². The van der Waals surface area contributed by atoms with Crippen molar-refractivity contribution in [2.45, 2.75) is 84.2 Å². The average molecular weight is 226 g/mol. The molecule has 1 heteroatoms. The van der Waals surface area contributed by atoms with Crippen molar-refractivity contribution in [1.29, 1.82) is 0 Å². The van der Waals surface area contributed by atoms with Crippen molar-refractivity contribution >= 4 is 0 Å². The second-order valence-corrected chi connectivity index (χ2v) is 5.64. The van der Waals surface area contributed by atoms with Crippen LogP contribution in [0.1, 0.15) is 78.1 Å². The molecule has 0 radical (unpaired) electrons. The van der Waals surface area contributed by atoms with Crippen molar-refractivity contribution < 1.29 is 5.11 Å². The molecule has 0 amide bonds. The lowest BCUT2D eigenvalue weighted by Crippen LogP contribution is -2.29. The maximum absolute atomic E-state index is 10.0. The fraction of sp³-hybridized carbons (Fsp3) is 1.00. The second-order valence-electron chi connectivity index (χ2n) is 5.64. The summed E-state index contributed by atoms with van der Waals surface area (Å²) in [6.07, 6.45) is 12.9. The molecular formula is C15H30O. The number of unbranched alkanes of at least 4 members (excludes halogenated alkanes) is 3. The predicted molar refractivity (Wildman–Crippen MR) is 70.5 cm³/mol. The van der Waals surface area contributed by atoms with E-state index < -0.39 is 0 Å². The van der Waals surface area contributed by atoms with Gasteiger partial charge in [-0.3, -0.25) is 0 Å². The summed E-state index contributed by atoms with van der Waals surface area (Å²) in [5.74, 6) is 1.52. The maximum atomic E-state index is 10.0. The Labute approximate surface area is 102 Å². The molecule has 0 bridgehead atoms. The van der Waals surface area contributed by atoms with Gasteiger partial charge in [0, 0.05) is 0 Å². The van der Waals surface area contributed by atoms with Crippen LogP contribution >= 0.6 is 0 Å². The molecule has 0 heterocycles. The molecule has 16 heavy (non-hydrogen) atoms. The molecule has 0 aromatic rings. The molecule has 1 aliphatic carbocycles. The highest BCUT2D eigenvalue weighted by molar-refractivity contribution is 4.79. The summed E-state index contributed by atoms with van der Waals surface area (Å²) >= 11 is 0. The van der Waals surface area contributed by atoms with Gasteiger partial charge in [-0.25, -0.2) is 0 Å². The third-order valence-electron chi connectivity index (χ3n) is 4.18. The molecule has 1 N–H and O–H groups in total. The normalized spacial score (nSPS) is 30.6. The molecule has 1 fully saturated rings. The van der Waals surface area contributed by atoms with Crippen molar-refractivity contribution in [3.63, 3.8) is 0 Å². The van der Waals surface area contributed by atoms with Gasteiger partial charge in [0.1, 0.15) is 0 Å². The van der Waals surface area contributed by atoms with Crippen LogP contribution in [0.3, 0.4) is 0 Å². The molecule has 1 saturated carbocycles. The van der Waals surface area contributed by atoms with E-state index in [1.807, 2.05) is 0 Å². The Morgan fingerprint density at radius 1 is 0.938 bits per heavy atom. The van der Waals surface area contributed by atoms with Gasteiger partial charge in [-0.1, -0.05) is 52.4 Å². The molecule has 3 unspecified atom stereocenters. The number of rotatable bonds is 7. The Morgan fingerprint density at radius 2 is 1.75 bits per heavy atom. The average Bonchev–Trinajstić information content (AvgIpc) is 2.29. The summed E-state index contributed by atoms with van der Waals surface area (Å²) in [6.45, 7) is 4.54. The second kappa shape index (κ2) is 8.11. The topological polar surface area (TPSA) is 20.2 Å². The van der Waals surface area contributed by atoms with Crippen LogP contribution in [0.15, 0.2) is 0 Å². The summed E-state index contributed by atoms with van der Waals surface area (Å²) < 4.78 is 0. The molecule has 1 aliphatic rings. The van der Waals surface area contributed by atoms with Crippen molar-refractivity contribution in [1.82, 2.24) is 0 Å². The minimum atomic E-state index is 0.00901. The molecule has 0 spiro atoms. The zero-order chi connectivity index (χ0) is 11.8. The molecule has 1 nitrogen and oxygen atoms in total. The zero-order valence-corrected chi connectivity index (χ0v) is 11.3. The molecule has 0 saturated heterocycles. The van der Waals surface area contributed by atoms with Crippen molar-refractivity contribution in [3.05, 3.63) is 0 Å². The molecule has 1 rings (SSSR count). The standard InChI is InChI=1S/C15H30O/c1-3-5-6-7-9-14-12-13(8-4-2)10-11-15(14)16/h13-16H,3-12H2,1-2H3. The third kappa shape index (κ3) is 4.86. The first-order valence-corrected chi connectivity index (χ1v) is 7.46. The van der Waals surface area contributed by atoms with E-state index in [-0.39, 0.29) is 6.10 Å². The fourth-order valence-corrected chi connectivity index (χ4v) is 3.16. The van der Waals surface area contributed by atoms with Crippen LogP contribution < -0.4 is 0 Å². The summed E-state index contributed by atoms with van der Waals surface area (Å²) in [5, 5.41) is 10.0. The van der Waals surface area contributed by atoms with Gasteiger partial charge in [-0.2, -0.15) is 0 Å². The summed E-state index contributed by atoms with van der Waals surface area (Å²) in [6, 6.07) is 0. The molecular weight excluding hydrogens is 196 g/mol. The highest BCUT2D eigenvalue weighted by Gasteiger charge is 2.27. The highest BCUT2D eigenvalue weighted by atomic mass is 16.3. The van der Waals surface area contributed by atoms with E-state index in [0.29, 0.717) is 5.92 Å². The third-order valence-corrected chi connectivity index (χ3v) is 4.18. The zero-order valence-electron chi connectivity index (χ0n) is 11.3. The van der Waals surface area contributed by atoms with Gasteiger partial charge >= 0.3 is 0 Å². The summed E-state index contributed by atoms with van der Waals surface area (Å²) in [5.41, 5.74) is 0. The number of aliphatic hydroxyl groups excluding tert-OH is 1. The molecule has 0 aliphatic heterocycles. The Bertz CT molecular complexity index is 167. The fourth-order valence-electron chi connectivity index (χ4n) is 3.16. The SMILES string of the molecule is CCCCCCC1CC(CCC)CCC1O. The molecule has 0 aromatic carbocycles. The van der Waals surface area contributed by atoms with Gasteiger partial charge in [-0.15, -0.1) is 0 Å². The van der Waals surface area contributed by atoms with E-state index in [2.05, 4.69) is 13.8 Å².